The highest BCUT2D eigenvalue weighted by Crippen LogP contribution is 2.54. The second kappa shape index (κ2) is 5.36. The zero-order chi connectivity index (χ0) is 18.9. The SMILES string of the molecule is CC1(C)c2ccccc2-c2c1c1ccc3ccccc3c1n2-c1ccccc1. The first-order valence-electron chi connectivity index (χ1n) is 9.90. The van der Waals surface area contributed by atoms with E-state index in [0.29, 0.717) is 0 Å². The Morgan fingerprint density at radius 2 is 1.36 bits per heavy atom. The van der Waals surface area contributed by atoms with E-state index in [1.807, 2.05) is 0 Å². The topological polar surface area (TPSA) is 4.93 Å². The van der Waals surface area contributed by atoms with Crippen molar-refractivity contribution < 1.29 is 0 Å². The van der Waals surface area contributed by atoms with Crippen LogP contribution in [-0.4, -0.2) is 4.57 Å². The van der Waals surface area contributed by atoms with Gasteiger partial charge in [-0.2, -0.15) is 0 Å². The van der Waals surface area contributed by atoms with Gasteiger partial charge >= 0.3 is 0 Å². The van der Waals surface area contributed by atoms with Gasteiger partial charge in [-0.05, 0) is 28.6 Å². The van der Waals surface area contributed by atoms with E-state index >= 15 is 0 Å². The molecule has 4 aromatic carbocycles. The number of benzene rings is 4. The van der Waals surface area contributed by atoms with Crippen LogP contribution in [0, 0.1) is 0 Å². The van der Waals surface area contributed by atoms with Gasteiger partial charge in [-0.1, -0.05) is 92.7 Å². The molecule has 1 aromatic heterocycles. The average Bonchev–Trinajstić information content (AvgIpc) is 3.21. The lowest BCUT2D eigenvalue weighted by Crippen LogP contribution is -2.14. The number of hydrogen-bond acceptors (Lipinski definition) is 0. The molecule has 0 radical (unpaired) electrons. The minimum atomic E-state index is -0.0212. The largest absolute Gasteiger partial charge is 0.308 e. The summed E-state index contributed by atoms with van der Waals surface area (Å²) < 4.78 is 2.49. The van der Waals surface area contributed by atoms with Gasteiger partial charge < -0.3 is 4.57 Å². The number of nitrogens with zero attached hydrogens (tertiary/aromatic N) is 1. The molecule has 5 aromatic rings. The van der Waals surface area contributed by atoms with Gasteiger partial charge in [-0.3, -0.25) is 0 Å². The van der Waals surface area contributed by atoms with E-state index in [2.05, 4.69) is 109 Å². The molecule has 0 N–H and O–H groups in total. The first-order valence-corrected chi connectivity index (χ1v) is 9.90. The Kier molecular flexibility index (Phi) is 3.01. The minimum Gasteiger partial charge on any atom is -0.308 e. The smallest absolute Gasteiger partial charge is 0.0616 e. The summed E-state index contributed by atoms with van der Waals surface area (Å²) in [5.74, 6) is 0. The fourth-order valence-corrected chi connectivity index (χ4v) is 5.14. The number of aromatic nitrogens is 1. The average molecular weight is 359 g/mol. The van der Waals surface area contributed by atoms with Crippen LogP contribution in [-0.2, 0) is 5.41 Å². The van der Waals surface area contributed by atoms with Crippen molar-refractivity contribution in [3.63, 3.8) is 0 Å². The van der Waals surface area contributed by atoms with Gasteiger partial charge in [-0.25, -0.2) is 0 Å². The van der Waals surface area contributed by atoms with Gasteiger partial charge in [-0.15, -0.1) is 0 Å². The lowest BCUT2D eigenvalue weighted by molar-refractivity contribution is 0.666. The van der Waals surface area contributed by atoms with Crippen LogP contribution in [0.3, 0.4) is 0 Å². The van der Waals surface area contributed by atoms with Crippen molar-refractivity contribution in [1.82, 2.24) is 4.57 Å². The minimum absolute atomic E-state index is 0.0212. The van der Waals surface area contributed by atoms with E-state index in [4.69, 9.17) is 0 Å². The molecule has 1 heteroatoms. The van der Waals surface area contributed by atoms with Crippen LogP contribution in [0.2, 0.25) is 0 Å². The van der Waals surface area contributed by atoms with Crippen LogP contribution in [0.5, 0.6) is 0 Å². The highest BCUT2D eigenvalue weighted by atomic mass is 15.0. The third kappa shape index (κ3) is 1.86. The number of hydrogen-bond donors (Lipinski definition) is 0. The monoisotopic (exact) mass is 359 g/mol. The van der Waals surface area contributed by atoms with Crippen molar-refractivity contribution in [2.45, 2.75) is 19.3 Å². The maximum absolute atomic E-state index is 2.49. The number of rotatable bonds is 1. The summed E-state index contributed by atoms with van der Waals surface area (Å²) in [6.45, 7) is 4.73. The molecule has 28 heavy (non-hydrogen) atoms. The highest BCUT2D eigenvalue weighted by molar-refractivity contribution is 6.12. The van der Waals surface area contributed by atoms with E-state index in [-0.39, 0.29) is 5.41 Å². The number of para-hydroxylation sites is 1. The molecule has 0 atom stereocenters. The molecule has 0 aliphatic heterocycles. The quantitative estimate of drug-likeness (QED) is 0.301. The van der Waals surface area contributed by atoms with Gasteiger partial charge in [0.05, 0.1) is 11.2 Å². The Bertz CT molecular complexity index is 1370. The molecule has 0 spiro atoms. The maximum atomic E-state index is 2.49. The van der Waals surface area contributed by atoms with Crippen LogP contribution < -0.4 is 0 Å². The van der Waals surface area contributed by atoms with Crippen LogP contribution >= 0.6 is 0 Å². The fraction of sp³-hybridized carbons (Fsp3) is 0.111. The molecule has 1 aliphatic rings. The van der Waals surface area contributed by atoms with Crippen LogP contribution in [0.4, 0.5) is 0 Å². The summed E-state index contributed by atoms with van der Waals surface area (Å²) in [7, 11) is 0. The Balaban J connectivity index is 1.90. The van der Waals surface area contributed by atoms with Crippen molar-refractivity contribution in [3.05, 3.63) is 102 Å². The predicted molar refractivity (Wildman–Crippen MR) is 118 cm³/mol. The Labute approximate surface area is 164 Å². The normalized spacial score (nSPS) is 14.4. The Morgan fingerprint density at radius 1 is 0.643 bits per heavy atom. The lowest BCUT2D eigenvalue weighted by Gasteiger charge is -2.21. The summed E-state index contributed by atoms with van der Waals surface area (Å²) in [6, 6.07) is 33.0. The molecule has 0 unspecified atom stereocenters. The van der Waals surface area contributed by atoms with Crippen LogP contribution in [0.1, 0.15) is 25.0 Å². The van der Waals surface area contributed by atoms with Crippen molar-refractivity contribution in [2.75, 3.05) is 0 Å². The van der Waals surface area contributed by atoms with E-state index in [9.17, 15) is 0 Å². The summed E-state index contributed by atoms with van der Waals surface area (Å²) in [6.07, 6.45) is 0. The molecule has 0 saturated carbocycles. The Morgan fingerprint density at radius 3 is 2.21 bits per heavy atom. The molecular formula is C27H21N. The molecule has 0 bridgehead atoms. The Hall–Kier alpha value is -3.32. The van der Waals surface area contributed by atoms with Crippen molar-refractivity contribution >= 4 is 21.7 Å². The second-order valence-electron chi connectivity index (χ2n) is 8.25. The van der Waals surface area contributed by atoms with E-state index in [1.54, 1.807) is 0 Å². The first-order chi connectivity index (χ1) is 13.7. The predicted octanol–water partition coefficient (Wildman–Crippen LogP) is 7.09. The van der Waals surface area contributed by atoms with E-state index in [0.717, 1.165) is 0 Å². The highest BCUT2D eigenvalue weighted by Gasteiger charge is 2.40. The maximum Gasteiger partial charge on any atom is 0.0616 e. The third-order valence-electron chi connectivity index (χ3n) is 6.35. The molecule has 0 saturated heterocycles. The van der Waals surface area contributed by atoms with E-state index < -0.39 is 0 Å². The molecule has 0 amide bonds. The van der Waals surface area contributed by atoms with Crippen molar-refractivity contribution in [3.8, 4) is 16.9 Å². The van der Waals surface area contributed by atoms with Crippen LogP contribution in [0.25, 0.3) is 38.6 Å². The number of fused-ring (bicyclic) bond motifs is 7. The molecule has 6 rings (SSSR count). The fourth-order valence-electron chi connectivity index (χ4n) is 5.14. The third-order valence-corrected chi connectivity index (χ3v) is 6.35. The van der Waals surface area contributed by atoms with Crippen LogP contribution in [0.15, 0.2) is 91.0 Å². The van der Waals surface area contributed by atoms with Crippen molar-refractivity contribution in [2.24, 2.45) is 0 Å². The molecular weight excluding hydrogens is 338 g/mol. The molecule has 0 fully saturated rings. The van der Waals surface area contributed by atoms with Gasteiger partial charge in [0.25, 0.3) is 0 Å². The van der Waals surface area contributed by atoms with E-state index in [1.165, 1.54) is 49.7 Å². The summed E-state index contributed by atoms with van der Waals surface area (Å²) >= 11 is 0. The first kappa shape index (κ1) is 15.7. The van der Waals surface area contributed by atoms with Crippen molar-refractivity contribution in [1.29, 1.82) is 0 Å². The van der Waals surface area contributed by atoms with Gasteiger partial charge in [0, 0.05) is 27.4 Å². The van der Waals surface area contributed by atoms with Gasteiger partial charge in [0.2, 0.25) is 0 Å². The summed E-state index contributed by atoms with van der Waals surface area (Å²) in [4.78, 5) is 0. The van der Waals surface area contributed by atoms with Gasteiger partial charge in [0.15, 0.2) is 0 Å². The molecule has 1 aliphatic carbocycles. The second-order valence-corrected chi connectivity index (χ2v) is 8.25. The summed E-state index contributed by atoms with van der Waals surface area (Å²) in [5.41, 5.74) is 8.07. The summed E-state index contributed by atoms with van der Waals surface area (Å²) in [5, 5.41) is 3.96. The standard InChI is InChI=1S/C27H21N/c1-27(2)23-15-9-8-14-21(23)26-24(27)22-17-16-18-10-6-7-13-20(18)25(22)28(26)19-11-4-3-5-12-19/h3-17H,1-2H3. The zero-order valence-corrected chi connectivity index (χ0v) is 16.1. The molecule has 1 heterocycles. The lowest BCUT2D eigenvalue weighted by atomic mass is 9.81. The molecule has 1 nitrogen and oxygen atoms in total. The zero-order valence-electron chi connectivity index (χ0n) is 16.1. The van der Waals surface area contributed by atoms with Gasteiger partial charge in [0.1, 0.15) is 0 Å². The molecule has 134 valence electrons.